The van der Waals surface area contributed by atoms with E-state index in [0.29, 0.717) is 63.0 Å². The normalized spacial score (nSPS) is 32.8. The fourth-order valence-electron chi connectivity index (χ4n) is 5.94. The second-order valence-electron chi connectivity index (χ2n) is 11.9. The summed E-state index contributed by atoms with van der Waals surface area (Å²) >= 11 is 0. The van der Waals surface area contributed by atoms with Gasteiger partial charge in [0, 0.05) is 56.4 Å². The summed E-state index contributed by atoms with van der Waals surface area (Å²) in [6, 6.07) is 0.166. The average molecular weight is 513 g/mol. The lowest BCUT2D eigenvalue weighted by atomic mass is 9.78. The van der Waals surface area contributed by atoms with Crippen LogP contribution in [0.3, 0.4) is 0 Å². The Hall–Kier alpha value is -1.68. The van der Waals surface area contributed by atoms with Gasteiger partial charge >= 0.3 is 0 Å². The molecule has 1 amide bonds. The van der Waals surface area contributed by atoms with Crippen molar-refractivity contribution in [1.29, 1.82) is 0 Å². The summed E-state index contributed by atoms with van der Waals surface area (Å²) in [5.74, 6) is -2.76. The van der Waals surface area contributed by atoms with E-state index in [4.69, 9.17) is 9.26 Å². The van der Waals surface area contributed by atoms with Crippen LogP contribution in [0.15, 0.2) is 4.52 Å². The quantitative estimate of drug-likeness (QED) is 0.537. The van der Waals surface area contributed by atoms with Gasteiger partial charge in [0.2, 0.25) is 11.8 Å². The van der Waals surface area contributed by atoms with Crippen molar-refractivity contribution >= 4 is 5.91 Å². The molecule has 0 spiro atoms. The number of alkyl halides is 3. The molecule has 1 aromatic heterocycles. The van der Waals surface area contributed by atoms with Crippen molar-refractivity contribution in [2.45, 2.75) is 114 Å². The predicted molar refractivity (Wildman–Crippen MR) is 127 cm³/mol. The van der Waals surface area contributed by atoms with Gasteiger partial charge in [-0.3, -0.25) is 9.69 Å². The largest absolute Gasteiger partial charge is 0.370 e. The molecule has 3 heterocycles. The highest BCUT2D eigenvalue weighted by Gasteiger charge is 2.51. The third kappa shape index (κ3) is 5.30. The molecule has 4 fully saturated rings. The van der Waals surface area contributed by atoms with E-state index in [0.717, 1.165) is 12.8 Å². The van der Waals surface area contributed by atoms with Crippen molar-refractivity contribution in [2.24, 2.45) is 5.92 Å². The number of halogens is 3. The van der Waals surface area contributed by atoms with E-state index in [1.54, 1.807) is 4.90 Å². The van der Waals surface area contributed by atoms with E-state index in [2.05, 4.69) is 17.1 Å². The zero-order valence-electron chi connectivity index (χ0n) is 21.6. The Labute approximate surface area is 211 Å². The number of likely N-dealkylation sites (tertiary alicyclic amines) is 2. The van der Waals surface area contributed by atoms with Gasteiger partial charge < -0.3 is 14.2 Å². The molecule has 2 saturated carbocycles. The first-order valence-electron chi connectivity index (χ1n) is 13.6. The van der Waals surface area contributed by atoms with Gasteiger partial charge in [0.05, 0.1) is 12.0 Å². The predicted octanol–water partition coefficient (Wildman–Crippen LogP) is 4.47. The molecule has 0 unspecified atom stereocenters. The molecule has 1 aromatic rings. The summed E-state index contributed by atoms with van der Waals surface area (Å²) in [4.78, 5) is 21.4. The zero-order chi connectivity index (χ0) is 25.7. The number of carbonyl (C=O) groups is 1. The van der Waals surface area contributed by atoms with E-state index < -0.39 is 30.2 Å². The summed E-state index contributed by atoms with van der Waals surface area (Å²) in [5, 5.41) is 4.20. The van der Waals surface area contributed by atoms with Crippen molar-refractivity contribution < 1.29 is 27.2 Å². The Kier molecular flexibility index (Phi) is 7.13. The Morgan fingerprint density at radius 3 is 2.50 bits per heavy atom. The Balaban J connectivity index is 1.20. The maximum Gasteiger partial charge on any atom is 0.253 e. The SMILES string of the molecule is CC(C)N1C[C@H](O[C@H]2CCCC(F)(F)[C@@H]2CC(=O)N2CCC(C)(c3noc(C4CC4)n3)CC2)[C@@H](F)C1. The lowest BCUT2D eigenvalue weighted by Crippen LogP contribution is -2.50. The average Bonchev–Trinajstić information content (AvgIpc) is 3.42. The number of amides is 1. The van der Waals surface area contributed by atoms with E-state index in [1.807, 2.05) is 18.7 Å². The van der Waals surface area contributed by atoms with Crippen molar-refractivity contribution in [3.05, 3.63) is 11.7 Å². The number of rotatable bonds is 7. The van der Waals surface area contributed by atoms with Crippen LogP contribution < -0.4 is 0 Å². The summed E-state index contributed by atoms with van der Waals surface area (Å²) in [5.41, 5.74) is -0.297. The molecule has 7 nitrogen and oxygen atoms in total. The molecule has 10 heteroatoms. The zero-order valence-corrected chi connectivity index (χ0v) is 21.6. The first-order chi connectivity index (χ1) is 17.1. The molecular weight excluding hydrogens is 473 g/mol. The number of ether oxygens (including phenoxy) is 1. The van der Waals surface area contributed by atoms with Crippen LogP contribution in [-0.4, -0.2) is 82.4 Å². The molecule has 4 atom stereocenters. The topological polar surface area (TPSA) is 71.7 Å². The van der Waals surface area contributed by atoms with Crippen LogP contribution in [0.5, 0.6) is 0 Å². The Morgan fingerprint density at radius 1 is 1.14 bits per heavy atom. The molecule has 2 aliphatic carbocycles. The fraction of sp³-hybridized carbons (Fsp3) is 0.885. The number of carbonyl (C=O) groups excluding carboxylic acids is 1. The second kappa shape index (κ2) is 9.89. The summed E-state index contributed by atoms with van der Waals surface area (Å²) in [6.45, 7) is 7.62. The van der Waals surface area contributed by atoms with E-state index in [-0.39, 0.29) is 36.8 Å². The maximum atomic E-state index is 15.1. The fourth-order valence-corrected chi connectivity index (χ4v) is 5.94. The second-order valence-corrected chi connectivity index (χ2v) is 11.9. The molecule has 0 radical (unpaired) electrons. The molecular formula is C26H39F3N4O3. The van der Waals surface area contributed by atoms with Gasteiger partial charge in [0.15, 0.2) is 5.82 Å². The Morgan fingerprint density at radius 2 is 1.86 bits per heavy atom. The standard InChI is InChI=1S/C26H39F3N4O3/c1-16(2)33-14-19(27)21(15-33)35-20-5-4-8-26(28,29)18(20)13-22(34)32-11-9-25(3,10-12-32)24-30-23(36-31-24)17-6-7-17/h16-21H,4-15H2,1-3H3/t18-,19+,20+,21+/m1/s1. The minimum atomic E-state index is -3.01. The van der Waals surface area contributed by atoms with Crippen molar-refractivity contribution in [3.8, 4) is 0 Å². The lowest BCUT2D eigenvalue weighted by molar-refractivity contribution is -0.178. The maximum absolute atomic E-state index is 15.1. The highest BCUT2D eigenvalue weighted by atomic mass is 19.3. The van der Waals surface area contributed by atoms with Crippen molar-refractivity contribution in [2.75, 3.05) is 26.2 Å². The number of hydrogen-bond acceptors (Lipinski definition) is 6. The number of nitrogens with zero attached hydrogens (tertiary/aromatic N) is 4. The van der Waals surface area contributed by atoms with E-state index >= 15 is 8.78 Å². The highest BCUT2D eigenvalue weighted by molar-refractivity contribution is 5.76. The molecule has 202 valence electrons. The van der Waals surface area contributed by atoms with Gasteiger partial charge in [-0.05, 0) is 52.4 Å². The first-order valence-corrected chi connectivity index (χ1v) is 13.6. The highest BCUT2D eigenvalue weighted by Crippen LogP contribution is 2.44. The Bertz CT molecular complexity index is 929. The van der Waals surface area contributed by atoms with Crippen molar-refractivity contribution in [1.82, 2.24) is 19.9 Å². The van der Waals surface area contributed by atoms with Crippen LogP contribution in [0.4, 0.5) is 13.2 Å². The van der Waals surface area contributed by atoms with E-state index in [9.17, 15) is 9.18 Å². The molecule has 0 bridgehead atoms. The van der Waals surface area contributed by atoms with E-state index in [1.165, 1.54) is 0 Å². The van der Waals surface area contributed by atoms with Gasteiger partial charge in [-0.2, -0.15) is 4.98 Å². The lowest BCUT2D eigenvalue weighted by Gasteiger charge is -2.41. The smallest absolute Gasteiger partial charge is 0.253 e. The number of hydrogen-bond donors (Lipinski definition) is 0. The number of piperidine rings is 1. The number of aromatic nitrogens is 2. The summed E-state index contributed by atoms with van der Waals surface area (Å²) in [7, 11) is 0. The van der Waals surface area contributed by atoms with Crippen LogP contribution >= 0.6 is 0 Å². The molecule has 4 aliphatic rings. The summed E-state index contributed by atoms with van der Waals surface area (Å²) in [6.07, 6.45) is 0.932. The van der Waals surface area contributed by atoms with Crippen LogP contribution in [0, 0.1) is 5.92 Å². The molecule has 0 aromatic carbocycles. The third-order valence-corrected chi connectivity index (χ3v) is 8.82. The van der Waals surface area contributed by atoms with Gasteiger partial charge in [-0.1, -0.05) is 12.1 Å². The minimum absolute atomic E-state index is 0.166. The first kappa shape index (κ1) is 25.9. The van der Waals surface area contributed by atoms with Gasteiger partial charge in [0.25, 0.3) is 5.92 Å². The third-order valence-electron chi connectivity index (χ3n) is 8.82. The van der Waals surface area contributed by atoms with Crippen LogP contribution in [-0.2, 0) is 14.9 Å². The molecule has 36 heavy (non-hydrogen) atoms. The van der Waals surface area contributed by atoms with Gasteiger partial charge in [0.1, 0.15) is 12.3 Å². The van der Waals surface area contributed by atoms with Crippen LogP contribution in [0.1, 0.15) is 89.8 Å². The van der Waals surface area contributed by atoms with Crippen molar-refractivity contribution in [3.63, 3.8) is 0 Å². The van der Waals surface area contributed by atoms with Crippen LogP contribution in [0.25, 0.3) is 0 Å². The minimum Gasteiger partial charge on any atom is -0.370 e. The molecule has 0 N–H and O–H groups in total. The van der Waals surface area contributed by atoms with Crippen LogP contribution in [0.2, 0.25) is 0 Å². The monoisotopic (exact) mass is 512 g/mol. The van der Waals surface area contributed by atoms with Gasteiger partial charge in [-0.15, -0.1) is 0 Å². The summed E-state index contributed by atoms with van der Waals surface area (Å²) < 4.78 is 56.2. The molecule has 5 rings (SSSR count). The molecule has 2 saturated heterocycles. The molecule has 2 aliphatic heterocycles. The van der Waals surface area contributed by atoms with Gasteiger partial charge in [-0.25, -0.2) is 13.2 Å².